The van der Waals surface area contributed by atoms with E-state index in [-0.39, 0.29) is 0 Å². The lowest BCUT2D eigenvalue weighted by atomic mass is 10.5. The minimum Gasteiger partial charge on any atom is -0.617 e. The van der Waals surface area contributed by atoms with Gasteiger partial charge in [-0.25, -0.2) is 0 Å². The van der Waals surface area contributed by atoms with E-state index in [0.717, 1.165) is 0 Å². The summed E-state index contributed by atoms with van der Waals surface area (Å²) >= 11 is 6.16. The minimum atomic E-state index is 0.370. The predicted octanol–water partition coefficient (Wildman–Crippen LogP) is 1.85. The Morgan fingerprint density at radius 2 is 2.09 bits per heavy atom. The summed E-state index contributed by atoms with van der Waals surface area (Å²) in [6.07, 6.45) is 0. The van der Waals surface area contributed by atoms with Crippen LogP contribution in [0.3, 0.4) is 0 Å². The van der Waals surface area contributed by atoms with Gasteiger partial charge in [-0.15, -0.1) is 4.73 Å². The topological polar surface area (TPSA) is 36.2 Å². The number of methoxy groups -OCH3 is 1. The largest absolute Gasteiger partial charge is 0.617 e. The van der Waals surface area contributed by atoms with Gasteiger partial charge in [0, 0.05) is 37.9 Å². The van der Waals surface area contributed by atoms with Gasteiger partial charge in [-0.1, -0.05) is 0 Å². The summed E-state index contributed by atoms with van der Waals surface area (Å²) < 4.78 is 6.40. The van der Waals surface area contributed by atoms with E-state index >= 15 is 0 Å². The number of pyridine rings is 1. The molecule has 0 spiro atoms. The molecule has 0 saturated carbocycles. The summed E-state index contributed by atoms with van der Waals surface area (Å²) in [4.78, 5) is 0. The highest BCUT2D eigenvalue weighted by Crippen LogP contribution is 2.21. The van der Waals surface area contributed by atoms with Crippen LogP contribution in [-0.4, -0.2) is 7.11 Å². The zero-order valence-corrected chi connectivity index (χ0v) is 8.85. The number of hydrogen-bond acceptors (Lipinski definition) is 2. The van der Waals surface area contributed by atoms with Crippen LogP contribution in [0.25, 0.3) is 0 Å². The van der Waals surface area contributed by atoms with E-state index in [9.17, 15) is 5.21 Å². The summed E-state index contributed by atoms with van der Waals surface area (Å²) in [7, 11) is 1.51. The highest BCUT2D eigenvalue weighted by Gasteiger charge is 2.12. The van der Waals surface area contributed by atoms with Crippen molar-refractivity contribution in [2.75, 3.05) is 7.11 Å². The van der Waals surface area contributed by atoms with Crippen LogP contribution in [0, 0.1) is 5.21 Å². The van der Waals surface area contributed by atoms with Crippen molar-refractivity contribution >= 4 is 31.9 Å². The van der Waals surface area contributed by atoms with Crippen molar-refractivity contribution in [3.63, 3.8) is 0 Å². The Hall–Kier alpha value is -0.290. The summed E-state index contributed by atoms with van der Waals surface area (Å²) in [5.41, 5.74) is 0. The molecule has 0 amide bonds. The average molecular weight is 283 g/mol. The van der Waals surface area contributed by atoms with Crippen molar-refractivity contribution in [2.24, 2.45) is 0 Å². The third kappa shape index (κ3) is 1.65. The van der Waals surface area contributed by atoms with E-state index in [1.807, 2.05) is 0 Å². The first-order valence-corrected chi connectivity index (χ1v) is 4.37. The van der Waals surface area contributed by atoms with Gasteiger partial charge < -0.3 is 9.94 Å². The molecule has 1 aromatic rings. The molecule has 0 fully saturated rings. The Morgan fingerprint density at radius 3 is 2.64 bits per heavy atom. The summed E-state index contributed by atoms with van der Waals surface area (Å²) in [5.74, 6) is 0.517. The van der Waals surface area contributed by atoms with E-state index in [1.165, 1.54) is 7.11 Å². The quantitative estimate of drug-likeness (QED) is 0.448. The van der Waals surface area contributed by atoms with E-state index in [2.05, 4.69) is 31.9 Å². The highest BCUT2D eigenvalue weighted by atomic mass is 79.9. The van der Waals surface area contributed by atoms with Crippen LogP contribution in [0.5, 0.6) is 5.75 Å². The fraction of sp³-hybridized carbons (Fsp3) is 0.167. The van der Waals surface area contributed by atoms with Crippen LogP contribution in [0.2, 0.25) is 0 Å². The van der Waals surface area contributed by atoms with Crippen molar-refractivity contribution in [3.05, 3.63) is 26.5 Å². The predicted molar refractivity (Wildman–Crippen MR) is 47.4 cm³/mol. The maximum atomic E-state index is 11.1. The molecule has 0 atom stereocenters. The van der Waals surface area contributed by atoms with Crippen LogP contribution in [0.15, 0.2) is 21.3 Å². The molecule has 0 bridgehead atoms. The first-order chi connectivity index (χ1) is 5.16. The van der Waals surface area contributed by atoms with Gasteiger partial charge in [0.25, 0.3) is 4.60 Å². The minimum absolute atomic E-state index is 0.370. The Bertz CT molecular complexity index is 278. The van der Waals surface area contributed by atoms with Crippen LogP contribution in [0.4, 0.5) is 0 Å². The second-order valence-electron chi connectivity index (χ2n) is 1.81. The molecule has 0 N–H and O–H groups in total. The van der Waals surface area contributed by atoms with Crippen molar-refractivity contribution < 1.29 is 9.47 Å². The first-order valence-electron chi connectivity index (χ1n) is 2.78. The summed E-state index contributed by atoms with van der Waals surface area (Å²) in [6.45, 7) is 0. The Kier molecular flexibility index (Phi) is 2.72. The molecule has 0 aliphatic carbocycles. The number of ether oxygens (including phenoxy) is 1. The van der Waals surface area contributed by atoms with E-state index < -0.39 is 0 Å². The van der Waals surface area contributed by atoms with Gasteiger partial charge in [-0.05, 0) is 6.07 Å². The van der Waals surface area contributed by atoms with Crippen LogP contribution < -0.4 is 9.47 Å². The highest BCUT2D eigenvalue weighted by molar-refractivity contribution is 9.11. The first kappa shape index (κ1) is 8.80. The third-order valence-corrected chi connectivity index (χ3v) is 2.47. The molecule has 1 aromatic heterocycles. The Balaban J connectivity index is 3.25. The van der Waals surface area contributed by atoms with Crippen molar-refractivity contribution in [1.82, 2.24) is 0 Å². The standard InChI is InChI=1S/C6H5Br2NO2/c1-11-4-2-3-5(7)9(10)6(4)8/h2-3H,1H3. The van der Waals surface area contributed by atoms with Crippen molar-refractivity contribution in [1.29, 1.82) is 0 Å². The molecule has 11 heavy (non-hydrogen) atoms. The second kappa shape index (κ2) is 3.40. The van der Waals surface area contributed by atoms with Crippen LogP contribution in [-0.2, 0) is 0 Å². The molecule has 0 aromatic carbocycles. The van der Waals surface area contributed by atoms with Gasteiger partial charge in [0.15, 0.2) is 5.75 Å². The summed E-state index contributed by atoms with van der Waals surface area (Å²) in [5, 5.41) is 11.1. The lowest BCUT2D eigenvalue weighted by molar-refractivity contribution is -0.629. The molecule has 0 aliphatic rings. The van der Waals surface area contributed by atoms with Crippen molar-refractivity contribution in [2.45, 2.75) is 0 Å². The molecule has 0 radical (unpaired) electrons. The van der Waals surface area contributed by atoms with Gasteiger partial charge in [0.2, 0.25) is 0 Å². The Morgan fingerprint density at radius 1 is 1.45 bits per heavy atom. The van der Waals surface area contributed by atoms with E-state index in [0.29, 0.717) is 19.7 Å². The molecule has 1 heterocycles. The van der Waals surface area contributed by atoms with E-state index in [4.69, 9.17) is 4.74 Å². The Labute approximate surface area is 80.8 Å². The number of nitrogens with zero attached hydrogens (tertiary/aromatic N) is 1. The van der Waals surface area contributed by atoms with Gasteiger partial charge in [0.05, 0.1) is 7.11 Å². The molecule has 0 aliphatic heterocycles. The zero-order chi connectivity index (χ0) is 8.43. The fourth-order valence-electron chi connectivity index (χ4n) is 0.627. The molecule has 1 rings (SSSR count). The van der Waals surface area contributed by atoms with Gasteiger partial charge in [-0.3, -0.25) is 0 Å². The monoisotopic (exact) mass is 281 g/mol. The van der Waals surface area contributed by atoms with Gasteiger partial charge in [0.1, 0.15) is 0 Å². The number of hydrogen-bond donors (Lipinski definition) is 0. The maximum Gasteiger partial charge on any atom is 0.302 e. The number of aromatic nitrogens is 1. The molecule has 0 saturated heterocycles. The smallest absolute Gasteiger partial charge is 0.302 e. The zero-order valence-electron chi connectivity index (χ0n) is 5.67. The lowest BCUT2D eigenvalue weighted by Crippen LogP contribution is -2.29. The van der Waals surface area contributed by atoms with E-state index in [1.54, 1.807) is 12.1 Å². The summed E-state index contributed by atoms with van der Waals surface area (Å²) in [6, 6.07) is 3.32. The second-order valence-corrected chi connectivity index (χ2v) is 3.37. The van der Waals surface area contributed by atoms with Crippen LogP contribution >= 0.6 is 31.9 Å². The number of rotatable bonds is 1. The molecular weight excluding hydrogens is 278 g/mol. The average Bonchev–Trinajstić information content (AvgIpc) is 2.01. The van der Waals surface area contributed by atoms with Gasteiger partial charge in [-0.2, -0.15) is 0 Å². The molecular formula is C6H5Br2NO2. The molecule has 3 nitrogen and oxygen atoms in total. The van der Waals surface area contributed by atoms with Crippen LogP contribution in [0.1, 0.15) is 0 Å². The third-order valence-electron chi connectivity index (χ3n) is 1.17. The molecule has 0 unspecified atom stereocenters. The molecule has 60 valence electrons. The SMILES string of the molecule is COc1ccc(Br)[n+]([O-])c1Br. The number of halogens is 2. The normalized spacial score (nSPS) is 9.73. The maximum absolute atomic E-state index is 11.1. The lowest BCUT2D eigenvalue weighted by Gasteiger charge is -2.04. The van der Waals surface area contributed by atoms with Gasteiger partial charge >= 0.3 is 4.60 Å². The van der Waals surface area contributed by atoms with Crippen molar-refractivity contribution in [3.8, 4) is 5.75 Å². The fourth-order valence-corrected chi connectivity index (χ4v) is 1.66. The molecule has 5 heteroatoms.